The van der Waals surface area contributed by atoms with E-state index in [1.807, 2.05) is 4.90 Å². The van der Waals surface area contributed by atoms with Crippen LogP contribution < -0.4 is 0 Å². The molecule has 0 radical (unpaired) electrons. The summed E-state index contributed by atoms with van der Waals surface area (Å²) in [6.45, 7) is 4.12. The summed E-state index contributed by atoms with van der Waals surface area (Å²) in [6, 6.07) is 14.8. The van der Waals surface area contributed by atoms with E-state index < -0.39 is 0 Å². The van der Waals surface area contributed by atoms with Crippen LogP contribution in [0.2, 0.25) is 0 Å². The van der Waals surface area contributed by atoms with Crippen molar-refractivity contribution in [3.05, 3.63) is 48.0 Å². The summed E-state index contributed by atoms with van der Waals surface area (Å²) in [5.74, 6) is -0.285. The van der Waals surface area contributed by atoms with E-state index in [1.54, 1.807) is 0 Å². The van der Waals surface area contributed by atoms with Gasteiger partial charge in [-0.25, -0.2) is 0 Å². The number of nitrogens with zero attached hydrogens (tertiary/aromatic N) is 3. The Morgan fingerprint density at radius 1 is 0.857 bits per heavy atom. The third kappa shape index (κ3) is 3.92. The van der Waals surface area contributed by atoms with Crippen molar-refractivity contribution in [2.24, 2.45) is 0 Å². The lowest BCUT2D eigenvalue weighted by Crippen LogP contribution is -2.49. The molecule has 0 aromatic heterocycles. The topological polar surface area (TPSA) is 60.9 Å². The van der Waals surface area contributed by atoms with Crippen LogP contribution in [-0.2, 0) is 20.9 Å². The fraction of sp³-hybridized carbons (Fsp3) is 0.409. The number of rotatable bonds is 5. The fourth-order valence-electron chi connectivity index (χ4n) is 4.06. The van der Waals surface area contributed by atoms with Crippen LogP contribution in [0, 0.1) is 0 Å². The van der Waals surface area contributed by atoms with Crippen LogP contribution in [0.1, 0.15) is 24.8 Å². The zero-order chi connectivity index (χ0) is 19.5. The quantitative estimate of drug-likeness (QED) is 0.746. The highest BCUT2D eigenvalue weighted by Crippen LogP contribution is 2.21. The van der Waals surface area contributed by atoms with Gasteiger partial charge in [-0.3, -0.25) is 24.2 Å². The number of benzene rings is 2. The second-order valence-corrected chi connectivity index (χ2v) is 7.48. The molecule has 2 heterocycles. The molecule has 0 aliphatic carbocycles. The number of fused-ring (bicyclic) bond motifs is 1. The minimum absolute atomic E-state index is 0.0253. The third-order valence-electron chi connectivity index (χ3n) is 5.70. The van der Waals surface area contributed by atoms with Gasteiger partial charge in [-0.1, -0.05) is 42.5 Å². The molecule has 0 atom stereocenters. The van der Waals surface area contributed by atoms with Crippen LogP contribution in [0.4, 0.5) is 0 Å². The molecule has 0 N–H and O–H groups in total. The number of likely N-dealkylation sites (tertiary alicyclic amines) is 1. The van der Waals surface area contributed by atoms with Crippen LogP contribution in [0.25, 0.3) is 10.8 Å². The van der Waals surface area contributed by atoms with Crippen molar-refractivity contribution in [1.29, 1.82) is 0 Å². The average Bonchev–Trinajstić information content (AvgIpc) is 3.04. The van der Waals surface area contributed by atoms with Gasteiger partial charge >= 0.3 is 0 Å². The monoisotopic (exact) mass is 379 g/mol. The van der Waals surface area contributed by atoms with Gasteiger partial charge in [0, 0.05) is 58.5 Å². The van der Waals surface area contributed by atoms with Gasteiger partial charge in [0.15, 0.2) is 0 Å². The van der Waals surface area contributed by atoms with E-state index in [-0.39, 0.29) is 43.5 Å². The molecule has 2 fully saturated rings. The number of hydrogen-bond donors (Lipinski definition) is 0. The maximum atomic E-state index is 12.5. The zero-order valence-corrected chi connectivity index (χ0v) is 16.0. The van der Waals surface area contributed by atoms with Crippen LogP contribution in [0.15, 0.2) is 42.5 Å². The van der Waals surface area contributed by atoms with Gasteiger partial charge in [0.1, 0.15) is 0 Å². The van der Waals surface area contributed by atoms with Crippen molar-refractivity contribution in [1.82, 2.24) is 14.7 Å². The van der Waals surface area contributed by atoms with E-state index in [9.17, 15) is 14.4 Å². The number of piperazine rings is 1. The zero-order valence-electron chi connectivity index (χ0n) is 16.0. The standard InChI is InChI=1S/C22H25N3O3/c26-20(10-11-25-21(27)8-9-22(25)28)24-14-12-23(13-15-24)16-18-6-3-5-17-4-1-2-7-19(17)18/h1-7H,8-16H2. The fourth-order valence-corrected chi connectivity index (χ4v) is 4.06. The Bertz CT molecular complexity index is 882. The summed E-state index contributed by atoms with van der Waals surface area (Å²) >= 11 is 0. The van der Waals surface area contributed by atoms with Crippen molar-refractivity contribution in [2.45, 2.75) is 25.8 Å². The first-order valence-electron chi connectivity index (χ1n) is 9.92. The SMILES string of the molecule is O=C(CCN1C(=O)CCC1=O)N1CCN(Cc2cccc3ccccc23)CC1. The smallest absolute Gasteiger partial charge is 0.229 e. The highest BCUT2D eigenvalue weighted by molar-refractivity contribution is 6.02. The second-order valence-electron chi connectivity index (χ2n) is 7.48. The molecular formula is C22H25N3O3. The second kappa shape index (κ2) is 8.10. The number of amides is 3. The van der Waals surface area contributed by atoms with Gasteiger partial charge in [0.05, 0.1) is 0 Å². The van der Waals surface area contributed by atoms with E-state index in [2.05, 4.69) is 47.4 Å². The maximum absolute atomic E-state index is 12.5. The Balaban J connectivity index is 1.29. The molecule has 6 nitrogen and oxygen atoms in total. The molecule has 2 saturated heterocycles. The van der Waals surface area contributed by atoms with E-state index in [4.69, 9.17) is 0 Å². The van der Waals surface area contributed by atoms with E-state index in [0.717, 1.165) is 19.6 Å². The molecule has 2 aliphatic rings. The molecule has 2 aliphatic heterocycles. The molecule has 6 heteroatoms. The predicted molar refractivity (Wildman–Crippen MR) is 106 cm³/mol. The molecular weight excluding hydrogens is 354 g/mol. The highest BCUT2D eigenvalue weighted by atomic mass is 16.2. The predicted octanol–water partition coefficient (Wildman–Crippen LogP) is 2.02. The van der Waals surface area contributed by atoms with Crippen molar-refractivity contribution >= 4 is 28.5 Å². The first-order valence-corrected chi connectivity index (χ1v) is 9.92. The molecule has 146 valence electrons. The number of carbonyl (C=O) groups excluding carboxylic acids is 3. The van der Waals surface area contributed by atoms with E-state index in [1.165, 1.54) is 21.2 Å². The molecule has 4 rings (SSSR count). The minimum Gasteiger partial charge on any atom is -0.340 e. The van der Waals surface area contributed by atoms with Gasteiger partial charge in [-0.05, 0) is 16.3 Å². The van der Waals surface area contributed by atoms with Gasteiger partial charge in [0.25, 0.3) is 0 Å². The van der Waals surface area contributed by atoms with E-state index in [0.29, 0.717) is 13.1 Å². The Labute approximate surface area is 164 Å². The van der Waals surface area contributed by atoms with Gasteiger partial charge in [-0.2, -0.15) is 0 Å². The molecule has 0 unspecified atom stereocenters. The largest absolute Gasteiger partial charge is 0.340 e. The molecule has 3 amide bonds. The lowest BCUT2D eigenvalue weighted by molar-refractivity contribution is -0.139. The Morgan fingerprint density at radius 2 is 1.54 bits per heavy atom. The molecule has 0 bridgehead atoms. The van der Waals surface area contributed by atoms with Crippen molar-refractivity contribution in [3.8, 4) is 0 Å². The van der Waals surface area contributed by atoms with Crippen LogP contribution in [0.5, 0.6) is 0 Å². The van der Waals surface area contributed by atoms with Crippen molar-refractivity contribution in [3.63, 3.8) is 0 Å². The number of hydrogen-bond acceptors (Lipinski definition) is 4. The van der Waals surface area contributed by atoms with Gasteiger partial charge < -0.3 is 4.90 Å². The van der Waals surface area contributed by atoms with Gasteiger partial charge in [-0.15, -0.1) is 0 Å². The normalized spacial score (nSPS) is 18.3. The van der Waals surface area contributed by atoms with Gasteiger partial charge in [0.2, 0.25) is 17.7 Å². The van der Waals surface area contributed by atoms with Crippen LogP contribution in [0.3, 0.4) is 0 Å². The summed E-state index contributed by atoms with van der Waals surface area (Å²) in [7, 11) is 0. The average molecular weight is 379 g/mol. The van der Waals surface area contributed by atoms with E-state index >= 15 is 0 Å². The Morgan fingerprint density at radius 3 is 2.29 bits per heavy atom. The van der Waals surface area contributed by atoms with Crippen molar-refractivity contribution in [2.75, 3.05) is 32.7 Å². The van der Waals surface area contributed by atoms with Crippen LogP contribution in [-0.4, -0.2) is 65.1 Å². The molecule has 2 aromatic rings. The summed E-state index contributed by atoms with van der Waals surface area (Å²) < 4.78 is 0. The Hall–Kier alpha value is -2.73. The summed E-state index contributed by atoms with van der Waals surface area (Å²) in [6.07, 6.45) is 0.778. The minimum atomic E-state index is -0.155. The van der Waals surface area contributed by atoms with Crippen LogP contribution >= 0.6 is 0 Å². The number of carbonyl (C=O) groups is 3. The molecule has 0 saturated carbocycles. The lowest BCUT2D eigenvalue weighted by Gasteiger charge is -2.35. The first-order chi connectivity index (χ1) is 13.6. The summed E-state index contributed by atoms with van der Waals surface area (Å²) in [4.78, 5) is 41.2. The van der Waals surface area contributed by atoms with Crippen molar-refractivity contribution < 1.29 is 14.4 Å². The third-order valence-corrected chi connectivity index (χ3v) is 5.70. The summed E-state index contributed by atoms with van der Waals surface area (Å²) in [5, 5.41) is 2.53. The maximum Gasteiger partial charge on any atom is 0.229 e. The molecule has 28 heavy (non-hydrogen) atoms. The summed E-state index contributed by atoms with van der Waals surface area (Å²) in [5.41, 5.74) is 1.31. The molecule has 0 spiro atoms. The first kappa shape index (κ1) is 18.6. The number of imide groups is 1. The Kier molecular flexibility index (Phi) is 5.39. The molecule has 2 aromatic carbocycles. The lowest BCUT2D eigenvalue weighted by atomic mass is 10.0. The highest BCUT2D eigenvalue weighted by Gasteiger charge is 2.30.